The Labute approximate surface area is 77.0 Å². The molecule has 0 atom stereocenters. The first-order valence-corrected chi connectivity index (χ1v) is 3.71. The Bertz CT molecular complexity index is 382. The fourth-order valence-corrected chi connectivity index (χ4v) is 0.767. The molecule has 1 aromatic rings. The van der Waals surface area contributed by atoms with Crippen LogP contribution in [0.1, 0.15) is 11.3 Å². The van der Waals surface area contributed by atoms with E-state index in [0.717, 1.165) is 0 Å². The predicted molar refractivity (Wildman–Crippen MR) is 47.7 cm³/mol. The van der Waals surface area contributed by atoms with E-state index >= 15 is 0 Å². The molecule has 1 aromatic heterocycles. The quantitative estimate of drug-likeness (QED) is 0.592. The van der Waals surface area contributed by atoms with Crippen LogP contribution >= 0.6 is 0 Å². The Morgan fingerprint density at radius 1 is 1.62 bits per heavy atom. The van der Waals surface area contributed by atoms with Gasteiger partial charge in [0, 0.05) is 13.3 Å². The topological polar surface area (TPSA) is 45.9 Å². The van der Waals surface area contributed by atoms with Gasteiger partial charge < -0.3 is 4.74 Å². The lowest BCUT2D eigenvalue weighted by atomic mass is 10.2. The maximum atomic E-state index is 8.58. The van der Waals surface area contributed by atoms with Gasteiger partial charge in [0.25, 0.3) is 0 Å². The molecule has 3 heteroatoms. The summed E-state index contributed by atoms with van der Waals surface area (Å²) in [5.41, 5.74) is 1.16. The number of pyridine rings is 1. The second-order valence-electron chi connectivity index (χ2n) is 2.28. The molecule has 1 heterocycles. The molecule has 13 heavy (non-hydrogen) atoms. The maximum absolute atomic E-state index is 8.58. The van der Waals surface area contributed by atoms with Crippen LogP contribution in [-0.4, -0.2) is 18.7 Å². The fraction of sp³-hybridized carbons (Fsp3) is 0.200. The van der Waals surface area contributed by atoms with E-state index < -0.39 is 0 Å². The van der Waals surface area contributed by atoms with Gasteiger partial charge in [0.2, 0.25) is 0 Å². The van der Waals surface area contributed by atoms with Crippen molar-refractivity contribution in [1.82, 2.24) is 4.98 Å². The second kappa shape index (κ2) is 4.92. The first-order valence-electron chi connectivity index (χ1n) is 3.71. The summed E-state index contributed by atoms with van der Waals surface area (Å²) in [6.45, 7) is 0.373. The lowest BCUT2D eigenvalue weighted by Crippen LogP contribution is -1.85. The van der Waals surface area contributed by atoms with E-state index in [4.69, 9.17) is 10.00 Å². The van der Waals surface area contributed by atoms with Crippen molar-refractivity contribution in [3.8, 4) is 17.9 Å². The Kier molecular flexibility index (Phi) is 3.50. The average molecular weight is 172 g/mol. The van der Waals surface area contributed by atoms with Crippen molar-refractivity contribution in [2.24, 2.45) is 0 Å². The van der Waals surface area contributed by atoms with Gasteiger partial charge in [0.1, 0.15) is 12.3 Å². The summed E-state index contributed by atoms with van der Waals surface area (Å²) in [5.74, 6) is 5.54. The van der Waals surface area contributed by atoms with Gasteiger partial charge in [-0.2, -0.15) is 5.26 Å². The molecule has 1 rings (SSSR count). The zero-order valence-corrected chi connectivity index (χ0v) is 7.24. The first-order chi connectivity index (χ1) is 6.36. The Hall–Kier alpha value is -1.84. The number of nitrogens with zero attached hydrogens (tertiary/aromatic N) is 2. The van der Waals surface area contributed by atoms with Crippen LogP contribution in [-0.2, 0) is 4.74 Å². The fourth-order valence-electron chi connectivity index (χ4n) is 0.767. The van der Waals surface area contributed by atoms with Crippen LogP contribution in [0.25, 0.3) is 0 Å². The van der Waals surface area contributed by atoms with Gasteiger partial charge in [-0.1, -0.05) is 5.92 Å². The summed E-state index contributed by atoms with van der Waals surface area (Å²) >= 11 is 0. The molecule has 0 radical (unpaired) electrons. The Balaban J connectivity index is 2.81. The molecule has 0 bridgehead atoms. The van der Waals surface area contributed by atoms with Crippen molar-refractivity contribution in [2.45, 2.75) is 0 Å². The highest BCUT2D eigenvalue weighted by atomic mass is 16.5. The third kappa shape index (κ3) is 2.94. The molecule has 0 saturated heterocycles. The molecule has 0 spiro atoms. The Morgan fingerprint density at radius 2 is 2.46 bits per heavy atom. The zero-order chi connectivity index (χ0) is 9.52. The van der Waals surface area contributed by atoms with Gasteiger partial charge in [-0.3, -0.25) is 0 Å². The van der Waals surface area contributed by atoms with Crippen LogP contribution in [0.5, 0.6) is 0 Å². The van der Waals surface area contributed by atoms with Gasteiger partial charge in [-0.15, -0.1) is 0 Å². The molecule has 3 nitrogen and oxygen atoms in total. The summed E-state index contributed by atoms with van der Waals surface area (Å²) in [6.07, 6.45) is 1.56. The molecule has 64 valence electrons. The number of nitriles is 1. The number of aromatic nitrogens is 1. The molecule has 0 aromatic carbocycles. The molecule has 0 fully saturated rings. The van der Waals surface area contributed by atoms with Crippen LogP contribution < -0.4 is 0 Å². The van der Waals surface area contributed by atoms with Crippen LogP contribution in [0.2, 0.25) is 0 Å². The monoisotopic (exact) mass is 172 g/mol. The minimum atomic E-state index is 0.373. The summed E-state index contributed by atoms with van der Waals surface area (Å²) in [7, 11) is 1.58. The van der Waals surface area contributed by atoms with E-state index in [1.165, 1.54) is 0 Å². The minimum Gasteiger partial charge on any atom is -0.372 e. The first kappa shape index (κ1) is 9.25. The normalized spacial score (nSPS) is 8.31. The maximum Gasteiger partial charge on any atom is 0.114 e. The highest BCUT2D eigenvalue weighted by Gasteiger charge is 1.90. The molecule has 0 amide bonds. The van der Waals surface area contributed by atoms with Crippen molar-refractivity contribution in [2.75, 3.05) is 13.7 Å². The van der Waals surface area contributed by atoms with Crippen LogP contribution in [0.4, 0.5) is 0 Å². The summed E-state index contributed by atoms with van der Waals surface area (Å²) < 4.78 is 4.75. The van der Waals surface area contributed by atoms with Crippen LogP contribution in [0, 0.1) is 23.2 Å². The highest BCUT2D eigenvalue weighted by Crippen LogP contribution is 1.97. The third-order valence-corrected chi connectivity index (χ3v) is 1.32. The number of hydrogen-bond donors (Lipinski definition) is 0. The van der Waals surface area contributed by atoms with Gasteiger partial charge in [-0.05, 0) is 18.1 Å². The lowest BCUT2D eigenvalue weighted by molar-refractivity contribution is 0.240. The molecule has 0 aliphatic carbocycles. The largest absolute Gasteiger partial charge is 0.372 e. The van der Waals surface area contributed by atoms with Gasteiger partial charge in [-0.25, -0.2) is 4.98 Å². The number of ether oxygens (including phenoxy) is 1. The second-order valence-corrected chi connectivity index (χ2v) is 2.28. The summed E-state index contributed by atoms with van der Waals surface area (Å²) in [5, 5.41) is 8.58. The van der Waals surface area contributed by atoms with Crippen molar-refractivity contribution in [3.05, 3.63) is 29.6 Å². The smallest absolute Gasteiger partial charge is 0.114 e. The van der Waals surface area contributed by atoms with Crippen molar-refractivity contribution in [3.63, 3.8) is 0 Å². The van der Waals surface area contributed by atoms with Crippen molar-refractivity contribution >= 4 is 0 Å². The van der Waals surface area contributed by atoms with Crippen LogP contribution in [0.3, 0.4) is 0 Å². The number of hydrogen-bond acceptors (Lipinski definition) is 3. The minimum absolute atomic E-state index is 0.373. The summed E-state index contributed by atoms with van der Waals surface area (Å²) in [4.78, 5) is 3.98. The average Bonchev–Trinajstić information content (AvgIpc) is 2.19. The van der Waals surface area contributed by atoms with Crippen LogP contribution in [0.15, 0.2) is 18.3 Å². The van der Waals surface area contributed by atoms with E-state index in [0.29, 0.717) is 17.9 Å². The van der Waals surface area contributed by atoms with Crippen molar-refractivity contribution in [1.29, 1.82) is 5.26 Å². The third-order valence-electron chi connectivity index (χ3n) is 1.32. The van der Waals surface area contributed by atoms with E-state index in [-0.39, 0.29) is 0 Å². The van der Waals surface area contributed by atoms with Gasteiger partial charge >= 0.3 is 0 Å². The number of rotatable bonds is 1. The summed E-state index contributed by atoms with van der Waals surface area (Å²) in [6, 6.07) is 5.30. The highest BCUT2D eigenvalue weighted by molar-refractivity contribution is 5.36. The van der Waals surface area contributed by atoms with E-state index in [9.17, 15) is 0 Å². The molecule has 0 N–H and O–H groups in total. The van der Waals surface area contributed by atoms with Crippen molar-refractivity contribution < 1.29 is 4.74 Å². The molecule has 0 unspecified atom stereocenters. The molecule has 0 saturated carbocycles. The van der Waals surface area contributed by atoms with E-state index in [1.807, 2.05) is 6.07 Å². The SMILES string of the molecule is COCC#Cc1cc(C#N)ccn1. The van der Waals surface area contributed by atoms with Gasteiger partial charge in [0.05, 0.1) is 11.6 Å². The predicted octanol–water partition coefficient (Wildman–Crippen LogP) is 0.951. The molecular formula is C10H8N2O. The standard InChI is InChI=1S/C10H8N2O/c1-13-6-2-3-10-7-9(8-11)4-5-12-10/h4-5,7H,6H2,1H3. The zero-order valence-electron chi connectivity index (χ0n) is 7.24. The molecule has 0 aliphatic heterocycles. The van der Waals surface area contributed by atoms with Gasteiger partial charge in [0.15, 0.2) is 0 Å². The number of methoxy groups -OCH3 is 1. The molecular weight excluding hydrogens is 164 g/mol. The van der Waals surface area contributed by atoms with E-state index in [2.05, 4.69) is 16.8 Å². The Morgan fingerprint density at radius 3 is 3.15 bits per heavy atom. The molecule has 0 aliphatic rings. The van der Waals surface area contributed by atoms with E-state index in [1.54, 1.807) is 25.4 Å². The lowest BCUT2D eigenvalue weighted by Gasteiger charge is -1.89.